The van der Waals surface area contributed by atoms with E-state index in [1.54, 1.807) is 30.9 Å². The molecule has 0 bridgehead atoms. The summed E-state index contributed by atoms with van der Waals surface area (Å²) >= 11 is 1.90. The number of nitrogens with zero attached hydrogens (tertiary/aromatic N) is 2. The van der Waals surface area contributed by atoms with E-state index in [9.17, 15) is 37.1 Å². The molecule has 0 spiro atoms. The molecule has 0 aromatic heterocycles. The van der Waals surface area contributed by atoms with Gasteiger partial charge in [-0.25, -0.2) is 18.8 Å². The van der Waals surface area contributed by atoms with Crippen LogP contribution in [0.25, 0.3) is 5.57 Å². The van der Waals surface area contributed by atoms with Gasteiger partial charge >= 0.3 is 0 Å². The second kappa shape index (κ2) is 11.9. The molecule has 0 amide bonds. The van der Waals surface area contributed by atoms with Gasteiger partial charge in [0, 0.05) is 41.9 Å². The van der Waals surface area contributed by atoms with Crippen LogP contribution in [0.1, 0.15) is 35.7 Å². The molecule has 0 saturated carbocycles. The van der Waals surface area contributed by atoms with Crippen molar-refractivity contribution in [3.8, 4) is 0 Å². The lowest BCUT2D eigenvalue weighted by molar-refractivity contribution is 0.0313. The highest BCUT2D eigenvalue weighted by Gasteiger charge is 2.44. The second-order valence-corrected chi connectivity index (χ2v) is 12.3. The summed E-state index contributed by atoms with van der Waals surface area (Å²) in [5.41, 5.74) is -0.553. The number of benzene rings is 1. The molecule has 0 unspecified atom stereocenters. The molecule has 0 fully saturated rings. The van der Waals surface area contributed by atoms with Gasteiger partial charge in [-0.05, 0) is 47.2 Å². The lowest BCUT2D eigenvalue weighted by atomic mass is 9.81. The Bertz CT molecular complexity index is 1740. The number of anilines is 1. The average molecular weight is 710 g/mol. The third-order valence-electron chi connectivity index (χ3n) is 7.11. The summed E-state index contributed by atoms with van der Waals surface area (Å²) in [7, 11) is -2.21. The topological polar surface area (TPSA) is 148 Å². The van der Waals surface area contributed by atoms with Gasteiger partial charge in [-0.2, -0.15) is 8.42 Å². The number of likely N-dealkylation sites (N-methyl/N-ethyl adjacent to an activating group) is 1. The Balaban J connectivity index is 1.74. The third kappa shape index (κ3) is 5.58. The minimum absolute atomic E-state index is 0.0146. The van der Waals surface area contributed by atoms with Crippen molar-refractivity contribution in [2.45, 2.75) is 25.4 Å². The van der Waals surface area contributed by atoms with E-state index >= 15 is 0 Å². The highest BCUT2D eigenvalue weighted by Crippen LogP contribution is 2.46. The van der Waals surface area contributed by atoms with Crippen LogP contribution in [0.2, 0.25) is 0 Å². The van der Waals surface area contributed by atoms with Gasteiger partial charge in [0.05, 0.1) is 39.9 Å². The Morgan fingerprint density at radius 2 is 1.95 bits per heavy atom. The zero-order chi connectivity index (χ0) is 31.0. The lowest BCUT2D eigenvalue weighted by Gasteiger charge is -2.40. The van der Waals surface area contributed by atoms with Crippen LogP contribution in [-0.2, 0) is 33.4 Å². The molecule has 4 rings (SSSR count). The Hall–Kier alpha value is -3.61. The smallest absolute Gasteiger partial charge is 0.264 e. The molecule has 42 heavy (non-hydrogen) atoms. The predicted octanol–water partition coefficient (Wildman–Crippen LogP) is 2.41. The fourth-order valence-electron chi connectivity index (χ4n) is 5.04. The molecule has 1 aromatic rings. The van der Waals surface area contributed by atoms with Gasteiger partial charge in [0.2, 0.25) is 5.76 Å². The molecule has 220 valence electrons. The van der Waals surface area contributed by atoms with Crippen LogP contribution in [0.5, 0.6) is 0 Å². The third-order valence-corrected chi connectivity index (χ3v) is 8.87. The standard InChI is InChI=1S/C28H24FIN2O9S/c1-4-28(37)21-5-7-32(23(13-34)20(21)15-40-25(28)14-35)11-22-26(30)19(12-33)17-9-16(29)10-18(27(17)31(22)2)24(36)6-8-41-42(3,38)39/h5,7,9-10,37H,4,6,8,11,15H2,1-3H3/t28-/m0/s1. The van der Waals surface area contributed by atoms with Crippen LogP contribution in [0.4, 0.5) is 10.1 Å². The zero-order valence-electron chi connectivity index (χ0n) is 22.6. The quantitative estimate of drug-likeness (QED) is 0.184. The summed E-state index contributed by atoms with van der Waals surface area (Å²) in [5.74, 6) is 3.61. The van der Waals surface area contributed by atoms with Gasteiger partial charge in [0.25, 0.3) is 10.1 Å². The highest BCUT2D eigenvalue weighted by atomic mass is 127. The first kappa shape index (κ1) is 31.3. The molecule has 11 nitrogen and oxygen atoms in total. The van der Waals surface area contributed by atoms with Gasteiger partial charge in [-0.1, -0.05) is 6.92 Å². The maximum absolute atomic E-state index is 14.7. The highest BCUT2D eigenvalue weighted by molar-refractivity contribution is 14.1. The SMILES string of the molecule is CC[C@@]1(O)C(=C=O)OCC2=C1C=CN(CC1=C(I)C(=C=O)c3cc(F)cc(C(=O)CCOS(C)(=O)=O)c3N1C)C2=C=O. The van der Waals surface area contributed by atoms with Crippen molar-refractivity contribution in [1.82, 2.24) is 4.90 Å². The number of allylic oxidation sites excluding steroid dienone is 2. The van der Waals surface area contributed by atoms with Crippen LogP contribution in [0.3, 0.4) is 0 Å². The molecule has 1 N–H and O–H groups in total. The number of fused-ring (bicyclic) bond motifs is 1. The number of carbonyl (C=O) groups excluding carboxylic acids is 4. The van der Waals surface area contributed by atoms with Gasteiger partial charge in [-0.15, -0.1) is 0 Å². The summed E-state index contributed by atoms with van der Waals surface area (Å²) in [6.45, 7) is 0.945. The van der Waals surface area contributed by atoms with E-state index < -0.39 is 33.9 Å². The van der Waals surface area contributed by atoms with Crippen molar-refractivity contribution in [1.29, 1.82) is 0 Å². The first-order valence-electron chi connectivity index (χ1n) is 12.4. The number of ketones is 1. The van der Waals surface area contributed by atoms with E-state index in [2.05, 4.69) is 4.18 Å². The lowest BCUT2D eigenvalue weighted by Crippen LogP contribution is -2.42. The number of ether oxygens (including phenoxy) is 1. The maximum atomic E-state index is 14.7. The van der Waals surface area contributed by atoms with Crippen molar-refractivity contribution in [3.63, 3.8) is 0 Å². The number of hydrogen-bond acceptors (Lipinski definition) is 11. The maximum Gasteiger partial charge on any atom is 0.264 e. The summed E-state index contributed by atoms with van der Waals surface area (Å²) in [6, 6.07) is 2.09. The Labute approximate surface area is 254 Å². The van der Waals surface area contributed by atoms with Crippen molar-refractivity contribution in [2.75, 3.05) is 38.0 Å². The molecular weight excluding hydrogens is 686 g/mol. The molecule has 3 aliphatic rings. The van der Waals surface area contributed by atoms with Crippen LogP contribution in [0.15, 0.2) is 56.3 Å². The van der Waals surface area contributed by atoms with E-state index in [1.165, 1.54) is 11.1 Å². The van der Waals surface area contributed by atoms with Gasteiger partial charge in [-0.3, -0.25) is 8.98 Å². The monoisotopic (exact) mass is 710 g/mol. The zero-order valence-corrected chi connectivity index (χ0v) is 25.6. The number of halogens is 2. The second-order valence-electron chi connectivity index (χ2n) is 9.57. The van der Waals surface area contributed by atoms with E-state index in [1.807, 2.05) is 34.5 Å². The summed E-state index contributed by atoms with van der Waals surface area (Å²) in [5, 5.41) is 11.2. The fourth-order valence-corrected chi connectivity index (χ4v) is 6.36. The molecule has 1 atom stereocenters. The van der Waals surface area contributed by atoms with Crippen molar-refractivity contribution in [3.05, 3.63) is 73.2 Å². The Kier molecular flexibility index (Phi) is 8.91. The van der Waals surface area contributed by atoms with Crippen molar-refractivity contribution < 1.29 is 46.0 Å². The van der Waals surface area contributed by atoms with E-state index in [-0.39, 0.29) is 59.8 Å². The molecular formula is C28H24FIN2O9S. The Morgan fingerprint density at radius 1 is 1.24 bits per heavy atom. The van der Waals surface area contributed by atoms with Gasteiger partial charge in [0.15, 0.2) is 23.3 Å². The molecule has 3 heterocycles. The molecule has 1 aromatic carbocycles. The van der Waals surface area contributed by atoms with Crippen LogP contribution in [0, 0.1) is 5.82 Å². The average Bonchev–Trinajstić information content (AvgIpc) is 2.94. The van der Waals surface area contributed by atoms with Gasteiger partial charge < -0.3 is 19.6 Å². The molecule has 0 aliphatic carbocycles. The minimum atomic E-state index is -3.81. The van der Waals surface area contributed by atoms with E-state index in [0.717, 1.165) is 18.4 Å². The van der Waals surface area contributed by atoms with Crippen LogP contribution >= 0.6 is 22.6 Å². The molecule has 14 heteroatoms. The number of rotatable bonds is 8. The largest absolute Gasteiger partial charge is 0.479 e. The number of aliphatic hydroxyl groups is 1. The van der Waals surface area contributed by atoms with E-state index in [0.29, 0.717) is 20.4 Å². The Morgan fingerprint density at radius 3 is 2.55 bits per heavy atom. The predicted molar refractivity (Wildman–Crippen MR) is 157 cm³/mol. The van der Waals surface area contributed by atoms with Crippen LogP contribution in [-0.4, -0.2) is 80.7 Å². The summed E-state index contributed by atoms with van der Waals surface area (Å²) < 4.78 is 47.8. The summed E-state index contributed by atoms with van der Waals surface area (Å²) in [6.07, 6.45) is 3.59. The molecule has 0 radical (unpaired) electrons. The fraction of sp³-hybridized carbons (Fsp3) is 0.321. The molecule has 3 aliphatic heterocycles. The number of Topliss-reactive ketones (excluding diaryl/α,β-unsaturated/α-hetero) is 1. The number of carbonyl (C=O) groups is 1. The molecule has 0 saturated heterocycles. The first-order chi connectivity index (χ1) is 19.8. The summed E-state index contributed by atoms with van der Waals surface area (Å²) in [4.78, 5) is 52.0. The minimum Gasteiger partial charge on any atom is -0.479 e. The van der Waals surface area contributed by atoms with Crippen molar-refractivity contribution >= 4 is 67.6 Å². The van der Waals surface area contributed by atoms with Crippen LogP contribution < -0.4 is 4.90 Å². The number of hydrogen-bond donors (Lipinski definition) is 1. The van der Waals surface area contributed by atoms with Gasteiger partial charge in [0.1, 0.15) is 24.1 Å². The normalized spacial score (nSPS) is 20.1. The van der Waals surface area contributed by atoms with E-state index in [4.69, 9.17) is 4.74 Å². The first-order valence-corrected chi connectivity index (χ1v) is 15.3. The van der Waals surface area contributed by atoms with Crippen molar-refractivity contribution in [2.24, 2.45) is 0 Å².